The van der Waals surface area contributed by atoms with Crippen LogP contribution in [0.2, 0.25) is 0 Å². The number of nitrogens with zero attached hydrogens (tertiary/aromatic N) is 3. The Labute approximate surface area is 114 Å². The topological polar surface area (TPSA) is 71.8 Å². The van der Waals surface area contributed by atoms with Gasteiger partial charge in [-0.3, -0.25) is 9.48 Å². The lowest BCUT2D eigenvalue weighted by Gasteiger charge is -2.35. The van der Waals surface area contributed by atoms with E-state index in [1.807, 2.05) is 20.9 Å². The number of hydrogen-bond acceptors (Lipinski definition) is 4. The maximum absolute atomic E-state index is 12.3. The van der Waals surface area contributed by atoms with Gasteiger partial charge in [0, 0.05) is 12.5 Å². The summed E-state index contributed by atoms with van der Waals surface area (Å²) in [5.74, 6) is 1.11. The van der Waals surface area contributed by atoms with E-state index in [1.54, 1.807) is 11.0 Å². The molecule has 1 atom stereocenters. The highest BCUT2D eigenvalue weighted by molar-refractivity contribution is 5.82. The van der Waals surface area contributed by atoms with Crippen molar-refractivity contribution in [1.29, 1.82) is 0 Å². The number of rotatable bonds is 4. The second-order valence-electron chi connectivity index (χ2n) is 5.78. The van der Waals surface area contributed by atoms with Crippen LogP contribution in [0.1, 0.15) is 32.5 Å². The standard InChI is InChI=1S/C13H23N5O/c1-13(2,10-5-4-6-14-7-10)12(19)15-8-11-16-9-18(3)17-11/h9-10,14H,4-8H2,1-3H3,(H,15,19). The molecule has 1 aromatic heterocycles. The van der Waals surface area contributed by atoms with Crippen LogP contribution >= 0.6 is 0 Å². The van der Waals surface area contributed by atoms with E-state index < -0.39 is 0 Å². The second kappa shape index (κ2) is 5.69. The minimum absolute atomic E-state index is 0.0775. The van der Waals surface area contributed by atoms with Gasteiger partial charge in [-0.2, -0.15) is 5.10 Å². The Balaban J connectivity index is 1.90. The quantitative estimate of drug-likeness (QED) is 0.829. The van der Waals surface area contributed by atoms with Crippen molar-refractivity contribution in [2.24, 2.45) is 18.4 Å². The summed E-state index contributed by atoms with van der Waals surface area (Å²) < 4.78 is 1.64. The third-order valence-corrected chi connectivity index (χ3v) is 3.96. The van der Waals surface area contributed by atoms with Crippen molar-refractivity contribution in [2.45, 2.75) is 33.2 Å². The largest absolute Gasteiger partial charge is 0.348 e. The highest BCUT2D eigenvalue weighted by Crippen LogP contribution is 2.31. The van der Waals surface area contributed by atoms with E-state index in [0.29, 0.717) is 18.3 Å². The molecule has 0 radical (unpaired) electrons. The summed E-state index contributed by atoms with van der Waals surface area (Å²) in [6.07, 6.45) is 3.89. The predicted octanol–water partition coefficient (Wildman–Crippen LogP) is 0.457. The van der Waals surface area contributed by atoms with Crippen molar-refractivity contribution in [3.05, 3.63) is 12.2 Å². The van der Waals surface area contributed by atoms with E-state index >= 15 is 0 Å². The molecule has 1 aromatic rings. The molecule has 1 unspecified atom stereocenters. The number of aryl methyl sites for hydroxylation is 1. The maximum Gasteiger partial charge on any atom is 0.226 e. The molecule has 1 fully saturated rings. The van der Waals surface area contributed by atoms with E-state index in [1.165, 1.54) is 0 Å². The molecule has 1 amide bonds. The van der Waals surface area contributed by atoms with Crippen molar-refractivity contribution < 1.29 is 4.79 Å². The van der Waals surface area contributed by atoms with Crippen LogP contribution in [-0.4, -0.2) is 33.8 Å². The molecule has 2 rings (SSSR count). The van der Waals surface area contributed by atoms with Gasteiger partial charge in [-0.05, 0) is 31.8 Å². The van der Waals surface area contributed by atoms with Gasteiger partial charge < -0.3 is 10.6 Å². The number of aromatic nitrogens is 3. The molecule has 0 aromatic carbocycles. The van der Waals surface area contributed by atoms with Crippen LogP contribution in [0.25, 0.3) is 0 Å². The van der Waals surface area contributed by atoms with Crippen molar-refractivity contribution >= 4 is 5.91 Å². The van der Waals surface area contributed by atoms with Crippen molar-refractivity contribution in [3.8, 4) is 0 Å². The Hall–Kier alpha value is -1.43. The van der Waals surface area contributed by atoms with Gasteiger partial charge in [0.15, 0.2) is 5.82 Å². The van der Waals surface area contributed by atoms with E-state index in [9.17, 15) is 4.79 Å². The Morgan fingerprint density at radius 3 is 3.00 bits per heavy atom. The van der Waals surface area contributed by atoms with Crippen molar-refractivity contribution in [3.63, 3.8) is 0 Å². The lowest BCUT2D eigenvalue weighted by atomic mass is 9.74. The highest BCUT2D eigenvalue weighted by atomic mass is 16.2. The zero-order chi connectivity index (χ0) is 13.9. The number of hydrogen-bond donors (Lipinski definition) is 2. The Morgan fingerprint density at radius 2 is 2.42 bits per heavy atom. The van der Waals surface area contributed by atoms with Crippen LogP contribution in [0.4, 0.5) is 0 Å². The fraction of sp³-hybridized carbons (Fsp3) is 0.769. The minimum atomic E-state index is -0.359. The zero-order valence-corrected chi connectivity index (χ0v) is 11.9. The summed E-state index contributed by atoms with van der Waals surface area (Å²) in [4.78, 5) is 16.5. The molecular formula is C13H23N5O. The van der Waals surface area contributed by atoms with Gasteiger partial charge in [0.25, 0.3) is 0 Å². The molecule has 2 heterocycles. The summed E-state index contributed by atoms with van der Waals surface area (Å²) in [6.45, 7) is 6.41. The summed E-state index contributed by atoms with van der Waals surface area (Å²) in [6, 6.07) is 0. The van der Waals surface area contributed by atoms with Gasteiger partial charge in [-0.15, -0.1) is 0 Å². The first-order chi connectivity index (χ1) is 9.00. The molecule has 19 heavy (non-hydrogen) atoms. The average molecular weight is 265 g/mol. The molecule has 0 saturated carbocycles. The van der Waals surface area contributed by atoms with Crippen LogP contribution in [0, 0.1) is 11.3 Å². The number of nitrogens with one attached hydrogen (secondary N) is 2. The van der Waals surface area contributed by atoms with Gasteiger partial charge in [0.2, 0.25) is 5.91 Å². The van der Waals surface area contributed by atoms with Crippen molar-refractivity contribution in [1.82, 2.24) is 25.4 Å². The van der Waals surface area contributed by atoms with E-state index in [2.05, 4.69) is 20.7 Å². The number of amides is 1. The van der Waals surface area contributed by atoms with Crippen LogP contribution in [0.15, 0.2) is 6.33 Å². The van der Waals surface area contributed by atoms with Crippen LogP contribution in [0.5, 0.6) is 0 Å². The number of piperidine rings is 1. The van der Waals surface area contributed by atoms with Crippen LogP contribution in [0.3, 0.4) is 0 Å². The summed E-state index contributed by atoms with van der Waals surface area (Å²) in [5, 5.41) is 10.5. The van der Waals surface area contributed by atoms with E-state index in [0.717, 1.165) is 25.9 Å². The number of carbonyl (C=O) groups is 1. The minimum Gasteiger partial charge on any atom is -0.348 e. The van der Waals surface area contributed by atoms with Crippen LogP contribution < -0.4 is 10.6 Å². The van der Waals surface area contributed by atoms with Gasteiger partial charge in [0.05, 0.1) is 6.54 Å². The molecular weight excluding hydrogens is 242 g/mol. The first kappa shape index (κ1) is 14.0. The average Bonchev–Trinajstić information content (AvgIpc) is 2.82. The third-order valence-electron chi connectivity index (χ3n) is 3.96. The van der Waals surface area contributed by atoms with Gasteiger partial charge in [0.1, 0.15) is 6.33 Å². The van der Waals surface area contributed by atoms with Gasteiger partial charge in [-0.25, -0.2) is 4.98 Å². The van der Waals surface area contributed by atoms with Crippen molar-refractivity contribution in [2.75, 3.05) is 13.1 Å². The predicted molar refractivity (Wildman–Crippen MR) is 72.2 cm³/mol. The summed E-state index contributed by atoms with van der Waals surface area (Å²) in [5.41, 5.74) is -0.359. The lowest BCUT2D eigenvalue weighted by molar-refractivity contribution is -0.132. The second-order valence-corrected chi connectivity index (χ2v) is 5.78. The number of carbonyl (C=O) groups excluding carboxylic acids is 1. The fourth-order valence-corrected chi connectivity index (χ4v) is 2.51. The Bertz CT molecular complexity index is 434. The lowest BCUT2D eigenvalue weighted by Crippen LogP contribution is -2.47. The molecule has 0 bridgehead atoms. The maximum atomic E-state index is 12.3. The zero-order valence-electron chi connectivity index (χ0n) is 11.9. The molecule has 1 aliphatic heterocycles. The van der Waals surface area contributed by atoms with Gasteiger partial charge in [-0.1, -0.05) is 13.8 Å². The smallest absolute Gasteiger partial charge is 0.226 e. The first-order valence-corrected chi connectivity index (χ1v) is 6.83. The first-order valence-electron chi connectivity index (χ1n) is 6.83. The molecule has 1 aliphatic rings. The normalized spacial score (nSPS) is 20.3. The van der Waals surface area contributed by atoms with Gasteiger partial charge >= 0.3 is 0 Å². The fourth-order valence-electron chi connectivity index (χ4n) is 2.51. The molecule has 6 nitrogen and oxygen atoms in total. The monoisotopic (exact) mass is 265 g/mol. The molecule has 1 saturated heterocycles. The molecule has 6 heteroatoms. The molecule has 2 N–H and O–H groups in total. The Morgan fingerprint density at radius 1 is 1.63 bits per heavy atom. The summed E-state index contributed by atoms with van der Waals surface area (Å²) >= 11 is 0. The van der Waals surface area contributed by atoms with E-state index in [-0.39, 0.29) is 11.3 Å². The summed E-state index contributed by atoms with van der Waals surface area (Å²) in [7, 11) is 1.82. The SMILES string of the molecule is Cn1cnc(CNC(=O)C(C)(C)C2CCCNC2)n1. The highest BCUT2D eigenvalue weighted by Gasteiger charge is 2.37. The van der Waals surface area contributed by atoms with E-state index in [4.69, 9.17) is 0 Å². The molecule has 0 aliphatic carbocycles. The van der Waals surface area contributed by atoms with Crippen LogP contribution in [-0.2, 0) is 18.4 Å². The molecule has 0 spiro atoms. The molecule has 106 valence electrons. The Kier molecular flexibility index (Phi) is 4.19. The third kappa shape index (κ3) is 3.32.